The lowest BCUT2D eigenvalue weighted by molar-refractivity contribution is 0.0811. The third-order valence-corrected chi connectivity index (χ3v) is 5.74. The van der Waals surface area contributed by atoms with Gasteiger partial charge in [0, 0.05) is 23.0 Å². The quantitative estimate of drug-likeness (QED) is 0.834. The van der Waals surface area contributed by atoms with Crippen molar-refractivity contribution in [1.29, 1.82) is 0 Å². The SMILES string of the molecule is CCC(CN)(Cc1ccccc1)N(C)C(C)c1cccs1. The topological polar surface area (TPSA) is 29.3 Å². The molecule has 1 heterocycles. The van der Waals surface area contributed by atoms with Crippen LogP contribution in [0.25, 0.3) is 0 Å². The average molecular weight is 302 g/mol. The molecule has 1 aromatic heterocycles. The van der Waals surface area contributed by atoms with E-state index in [1.54, 1.807) is 0 Å². The van der Waals surface area contributed by atoms with E-state index in [0.29, 0.717) is 12.6 Å². The lowest BCUT2D eigenvalue weighted by Gasteiger charge is -2.44. The maximum Gasteiger partial charge on any atom is 0.0416 e. The molecule has 21 heavy (non-hydrogen) atoms. The van der Waals surface area contributed by atoms with E-state index in [4.69, 9.17) is 5.73 Å². The van der Waals surface area contributed by atoms with Crippen LogP contribution in [0.15, 0.2) is 47.8 Å². The van der Waals surface area contributed by atoms with E-state index in [1.807, 2.05) is 11.3 Å². The van der Waals surface area contributed by atoms with Gasteiger partial charge in [0.15, 0.2) is 0 Å². The van der Waals surface area contributed by atoms with Crippen molar-refractivity contribution < 1.29 is 0 Å². The molecule has 0 fully saturated rings. The van der Waals surface area contributed by atoms with E-state index in [0.717, 1.165) is 12.8 Å². The molecule has 0 saturated heterocycles. The number of hydrogen-bond acceptors (Lipinski definition) is 3. The van der Waals surface area contributed by atoms with Crippen molar-refractivity contribution >= 4 is 11.3 Å². The fourth-order valence-corrected chi connectivity index (χ4v) is 3.79. The third kappa shape index (κ3) is 3.54. The largest absolute Gasteiger partial charge is 0.329 e. The lowest BCUT2D eigenvalue weighted by Crippen LogP contribution is -2.54. The van der Waals surface area contributed by atoms with Crippen LogP contribution in [-0.4, -0.2) is 24.0 Å². The van der Waals surface area contributed by atoms with Crippen LogP contribution in [0.5, 0.6) is 0 Å². The van der Waals surface area contributed by atoms with Gasteiger partial charge in [0.05, 0.1) is 0 Å². The van der Waals surface area contributed by atoms with Crippen molar-refractivity contribution in [3.8, 4) is 0 Å². The summed E-state index contributed by atoms with van der Waals surface area (Å²) in [7, 11) is 2.21. The molecule has 0 radical (unpaired) electrons. The summed E-state index contributed by atoms with van der Waals surface area (Å²) in [6.07, 6.45) is 2.04. The first kappa shape index (κ1) is 16.2. The molecule has 0 aliphatic rings. The van der Waals surface area contributed by atoms with Crippen LogP contribution >= 0.6 is 11.3 Å². The molecular formula is C18H26N2S. The second kappa shape index (κ2) is 7.21. The van der Waals surface area contributed by atoms with Gasteiger partial charge in [-0.15, -0.1) is 11.3 Å². The Kier molecular flexibility index (Phi) is 5.57. The lowest BCUT2D eigenvalue weighted by atomic mass is 9.85. The van der Waals surface area contributed by atoms with E-state index < -0.39 is 0 Å². The summed E-state index contributed by atoms with van der Waals surface area (Å²) in [5.74, 6) is 0. The van der Waals surface area contributed by atoms with Gasteiger partial charge in [-0.05, 0) is 43.8 Å². The zero-order valence-electron chi connectivity index (χ0n) is 13.3. The Morgan fingerprint density at radius 2 is 1.90 bits per heavy atom. The molecule has 0 bridgehead atoms. The molecule has 2 unspecified atom stereocenters. The average Bonchev–Trinajstić information content (AvgIpc) is 3.07. The molecule has 2 N–H and O–H groups in total. The summed E-state index contributed by atoms with van der Waals surface area (Å²) in [5.41, 5.74) is 7.58. The van der Waals surface area contributed by atoms with Crippen molar-refractivity contribution in [1.82, 2.24) is 4.90 Å². The van der Waals surface area contributed by atoms with Crippen molar-refractivity contribution in [2.45, 2.75) is 38.3 Å². The highest BCUT2D eigenvalue weighted by molar-refractivity contribution is 7.10. The second-order valence-corrected chi connectivity index (χ2v) is 6.73. The zero-order chi connectivity index (χ0) is 15.3. The number of likely N-dealkylation sites (N-methyl/N-ethyl adjacent to an activating group) is 1. The summed E-state index contributed by atoms with van der Waals surface area (Å²) < 4.78 is 0. The number of rotatable bonds is 7. The molecule has 2 atom stereocenters. The normalized spacial score (nSPS) is 15.9. The Bertz CT molecular complexity index is 517. The predicted molar refractivity (Wildman–Crippen MR) is 92.7 cm³/mol. The highest BCUT2D eigenvalue weighted by atomic mass is 32.1. The Labute approximate surface area is 132 Å². The summed E-state index contributed by atoms with van der Waals surface area (Å²) in [4.78, 5) is 3.86. The molecule has 2 nitrogen and oxygen atoms in total. The highest BCUT2D eigenvalue weighted by Crippen LogP contribution is 2.33. The Balaban J connectivity index is 2.24. The second-order valence-electron chi connectivity index (χ2n) is 5.75. The van der Waals surface area contributed by atoms with Crippen LogP contribution in [-0.2, 0) is 6.42 Å². The van der Waals surface area contributed by atoms with Crippen molar-refractivity contribution in [2.24, 2.45) is 5.73 Å². The minimum atomic E-state index is 0.00472. The van der Waals surface area contributed by atoms with Gasteiger partial charge >= 0.3 is 0 Å². The molecule has 2 aromatic rings. The van der Waals surface area contributed by atoms with Gasteiger partial charge < -0.3 is 5.73 Å². The van der Waals surface area contributed by atoms with Crippen molar-refractivity contribution in [3.05, 3.63) is 58.3 Å². The molecule has 0 spiro atoms. The molecule has 3 heteroatoms. The first-order chi connectivity index (χ1) is 10.1. The molecular weight excluding hydrogens is 276 g/mol. The molecule has 2 rings (SSSR count). The van der Waals surface area contributed by atoms with E-state index in [-0.39, 0.29) is 5.54 Å². The standard InChI is InChI=1S/C18H26N2S/c1-4-18(14-19,13-16-9-6-5-7-10-16)20(3)15(2)17-11-8-12-21-17/h5-12,15H,4,13-14,19H2,1-3H3. The summed E-state index contributed by atoms with van der Waals surface area (Å²) in [6.45, 7) is 5.19. The van der Waals surface area contributed by atoms with Crippen molar-refractivity contribution in [2.75, 3.05) is 13.6 Å². The summed E-state index contributed by atoms with van der Waals surface area (Å²) in [5, 5.41) is 2.15. The minimum Gasteiger partial charge on any atom is -0.329 e. The zero-order valence-corrected chi connectivity index (χ0v) is 14.1. The first-order valence-corrected chi connectivity index (χ1v) is 8.51. The Hall–Kier alpha value is -1.16. The number of nitrogens with two attached hydrogens (primary N) is 1. The number of hydrogen-bond donors (Lipinski definition) is 1. The fourth-order valence-electron chi connectivity index (χ4n) is 2.97. The highest BCUT2D eigenvalue weighted by Gasteiger charge is 2.35. The van der Waals surface area contributed by atoms with Crippen LogP contribution in [0.2, 0.25) is 0 Å². The third-order valence-electron chi connectivity index (χ3n) is 4.70. The Morgan fingerprint density at radius 3 is 2.43 bits per heavy atom. The molecule has 0 saturated carbocycles. The van der Waals surface area contributed by atoms with E-state index in [1.165, 1.54) is 10.4 Å². The smallest absolute Gasteiger partial charge is 0.0416 e. The van der Waals surface area contributed by atoms with Gasteiger partial charge in [0.25, 0.3) is 0 Å². The van der Waals surface area contributed by atoms with E-state index >= 15 is 0 Å². The van der Waals surface area contributed by atoms with Crippen LogP contribution < -0.4 is 5.73 Å². The van der Waals surface area contributed by atoms with Crippen LogP contribution in [0.1, 0.15) is 36.8 Å². The van der Waals surface area contributed by atoms with Crippen molar-refractivity contribution in [3.63, 3.8) is 0 Å². The first-order valence-electron chi connectivity index (χ1n) is 7.63. The molecule has 0 aliphatic heterocycles. The predicted octanol–water partition coefficient (Wildman–Crippen LogP) is 4.09. The van der Waals surface area contributed by atoms with Gasteiger partial charge in [-0.1, -0.05) is 43.3 Å². The number of thiophene rings is 1. The van der Waals surface area contributed by atoms with Crippen LogP contribution in [0.4, 0.5) is 0 Å². The van der Waals surface area contributed by atoms with E-state index in [2.05, 4.69) is 73.6 Å². The maximum absolute atomic E-state index is 6.22. The summed E-state index contributed by atoms with van der Waals surface area (Å²) in [6, 6.07) is 15.4. The van der Waals surface area contributed by atoms with Crippen LogP contribution in [0, 0.1) is 0 Å². The summed E-state index contributed by atoms with van der Waals surface area (Å²) >= 11 is 1.82. The monoisotopic (exact) mass is 302 g/mol. The molecule has 114 valence electrons. The molecule has 0 aliphatic carbocycles. The molecule has 1 aromatic carbocycles. The van der Waals surface area contributed by atoms with Gasteiger partial charge in [-0.25, -0.2) is 0 Å². The van der Waals surface area contributed by atoms with Crippen LogP contribution in [0.3, 0.4) is 0 Å². The minimum absolute atomic E-state index is 0.00472. The Morgan fingerprint density at radius 1 is 1.19 bits per heavy atom. The van der Waals surface area contributed by atoms with Gasteiger partial charge in [0.1, 0.15) is 0 Å². The van der Waals surface area contributed by atoms with Gasteiger partial charge in [0.2, 0.25) is 0 Å². The molecule has 0 amide bonds. The fraction of sp³-hybridized carbons (Fsp3) is 0.444. The van der Waals surface area contributed by atoms with Gasteiger partial charge in [-0.2, -0.15) is 0 Å². The number of nitrogens with zero attached hydrogens (tertiary/aromatic N) is 1. The number of benzene rings is 1. The van der Waals surface area contributed by atoms with E-state index in [9.17, 15) is 0 Å². The maximum atomic E-state index is 6.22. The van der Waals surface area contributed by atoms with Gasteiger partial charge in [-0.3, -0.25) is 4.90 Å².